The van der Waals surface area contributed by atoms with Crippen LogP contribution in [-0.4, -0.2) is 5.91 Å². The SMILES string of the molecule is Cc1cc(C)c(C(=O)Nc2ccc(F)c(Br)c2)cc1N. The second kappa shape index (κ2) is 5.63. The van der Waals surface area contributed by atoms with Crippen LogP contribution in [0.3, 0.4) is 0 Å². The molecule has 5 heteroatoms. The highest BCUT2D eigenvalue weighted by Crippen LogP contribution is 2.22. The van der Waals surface area contributed by atoms with Gasteiger partial charge in [0.1, 0.15) is 5.82 Å². The average molecular weight is 337 g/mol. The first-order valence-electron chi connectivity index (χ1n) is 6.01. The number of rotatable bonds is 2. The lowest BCUT2D eigenvalue weighted by atomic mass is 10.0. The summed E-state index contributed by atoms with van der Waals surface area (Å²) in [5, 5.41) is 2.72. The number of carbonyl (C=O) groups is 1. The van der Waals surface area contributed by atoms with Crippen LogP contribution in [0.5, 0.6) is 0 Å². The van der Waals surface area contributed by atoms with E-state index in [-0.39, 0.29) is 11.7 Å². The van der Waals surface area contributed by atoms with Crippen molar-refractivity contribution in [2.45, 2.75) is 13.8 Å². The molecule has 2 aromatic rings. The van der Waals surface area contributed by atoms with Gasteiger partial charge in [0.15, 0.2) is 0 Å². The zero-order chi connectivity index (χ0) is 14.9. The predicted octanol–water partition coefficient (Wildman–Crippen LogP) is 4.04. The molecule has 1 amide bonds. The van der Waals surface area contributed by atoms with Crippen LogP contribution in [0.15, 0.2) is 34.8 Å². The van der Waals surface area contributed by atoms with Crippen molar-refractivity contribution in [3.63, 3.8) is 0 Å². The topological polar surface area (TPSA) is 55.1 Å². The summed E-state index contributed by atoms with van der Waals surface area (Å²) in [5.41, 5.74) is 9.20. The first-order valence-corrected chi connectivity index (χ1v) is 6.81. The van der Waals surface area contributed by atoms with E-state index in [1.807, 2.05) is 19.9 Å². The van der Waals surface area contributed by atoms with Gasteiger partial charge in [-0.2, -0.15) is 0 Å². The van der Waals surface area contributed by atoms with E-state index in [4.69, 9.17) is 5.73 Å². The van der Waals surface area contributed by atoms with E-state index in [2.05, 4.69) is 21.2 Å². The molecule has 2 rings (SSSR count). The molecule has 0 saturated heterocycles. The number of benzene rings is 2. The number of hydrogen-bond donors (Lipinski definition) is 2. The number of halogens is 2. The van der Waals surface area contributed by atoms with Gasteiger partial charge in [-0.3, -0.25) is 4.79 Å². The van der Waals surface area contributed by atoms with Crippen molar-refractivity contribution in [3.05, 3.63) is 57.3 Å². The Bertz CT molecular complexity index is 686. The Labute approximate surface area is 125 Å². The third-order valence-electron chi connectivity index (χ3n) is 3.04. The molecule has 3 N–H and O–H groups in total. The van der Waals surface area contributed by atoms with E-state index in [1.165, 1.54) is 18.2 Å². The molecule has 0 heterocycles. The van der Waals surface area contributed by atoms with Gasteiger partial charge in [-0.25, -0.2) is 4.39 Å². The molecular formula is C15H14BrFN2O. The first-order chi connectivity index (χ1) is 9.38. The van der Waals surface area contributed by atoms with Gasteiger partial charge in [0.25, 0.3) is 5.91 Å². The van der Waals surface area contributed by atoms with Crippen molar-refractivity contribution < 1.29 is 9.18 Å². The standard InChI is InChI=1S/C15H14BrFN2O/c1-8-5-9(2)14(18)7-11(8)15(20)19-10-3-4-13(17)12(16)6-10/h3-7H,18H2,1-2H3,(H,19,20). The van der Waals surface area contributed by atoms with Crippen LogP contribution in [0.25, 0.3) is 0 Å². The lowest BCUT2D eigenvalue weighted by molar-refractivity contribution is 0.102. The van der Waals surface area contributed by atoms with Crippen LogP contribution in [-0.2, 0) is 0 Å². The predicted molar refractivity (Wildman–Crippen MR) is 82.4 cm³/mol. The maximum absolute atomic E-state index is 13.1. The molecule has 3 nitrogen and oxygen atoms in total. The number of anilines is 2. The Hall–Kier alpha value is -1.88. The molecule has 2 aromatic carbocycles. The summed E-state index contributed by atoms with van der Waals surface area (Å²) >= 11 is 3.08. The van der Waals surface area contributed by atoms with Gasteiger partial charge in [-0.1, -0.05) is 6.07 Å². The second-order valence-electron chi connectivity index (χ2n) is 4.61. The first kappa shape index (κ1) is 14.5. The Balaban J connectivity index is 2.28. The number of carbonyl (C=O) groups excluding carboxylic acids is 1. The summed E-state index contributed by atoms with van der Waals surface area (Å²) in [6, 6.07) is 7.82. The highest BCUT2D eigenvalue weighted by Gasteiger charge is 2.12. The summed E-state index contributed by atoms with van der Waals surface area (Å²) in [6.07, 6.45) is 0. The summed E-state index contributed by atoms with van der Waals surface area (Å²) in [4.78, 5) is 12.2. The van der Waals surface area contributed by atoms with Crippen LogP contribution in [0.2, 0.25) is 0 Å². The number of nitrogen functional groups attached to an aromatic ring is 1. The van der Waals surface area contributed by atoms with Crippen molar-refractivity contribution in [1.29, 1.82) is 0 Å². The Morgan fingerprint density at radius 1 is 1.20 bits per heavy atom. The number of nitrogens with two attached hydrogens (primary N) is 1. The van der Waals surface area contributed by atoms with Gasteiger partial charge in [-0.15, -0.1) is 0 Å². The molecule has 104 valence electrons. The van der Waals surface area contributed by atoms with E-state index in [9.17, 15) is 9.18 Å². The minimum Gasteiger partial charge on any atom is -0.398 e. The molecular weight excluding hydrogens is 323 g/mol. The molecule has 0 aliphatic carbocycles. The van der Waals surface area contributed by atoms with Crippen molar-refractivity contribution in [1.82, 2.24) is 0 Å². The normalized spacial score (nSPS) is 10.4. The molecule has 0 saturated carbocycles. The van der Waals surface area contributed by atoms with Crippen LogP contribution in [0, 0.1) is 19.7 Å². The van der Waals surface area contributed by atoms with Gasteiger partial charge in [-0.05, 0) is 65.2 Å². The Morgan fingerprint density at radius 3 is 2.55 bits per heavy atom. The average Bonchev–Trinajstić information content (AvgIpc) is 2.38. The van der Waals surface area contributed by atoms with Gasteiger partial charge in [0.05, 0.1) is 4.47 Å². The lowest BCUT2D eigenvalue weighted by Gasteiger charge is -2.10. The number of amides is 1. The monoisotopic (exact) mass is 336 g/mol. The fraction of sp³-hybridized carbons (Fsp3) is 0.133. The van der Waals surface area contributed by atoms with Crippen LogP contribution in [0.4, 0.5) is 15.8 Å². The quantitative estimate of drug-likeness (QED) is 0.813. The highest BCUT2D eigenvalue weighted by atomic mass is 79.9. The molecule has 0 radical (unpaired) electrons. The van der Waals surface area contributed by atoms with E-state index in [0.29, 0.717) is 21.4 Å². The van der Waals surface area contributed by atoms with E-state index < -0.39 is 0 Å². The highest BCUT2D eigenvalue weighted by molar-refractivity contribution is 9.10. The van der Waals surface area contributed by atoms with E-state index in [0.717, 1.165) is 11.1 Å². The molecule has 20 heavy (non-hydrogen) atoms. The molecule has 0 bridgehead atoms. The van der Waals surface area contributed by atoms with Crippen molar-refractivity contribution in [2.24, 2.45) is 0 Å². The minimum absolute atomic E-state index is 0.271. The number of hydrogen-bond acceptors (Lipinski definition) is 2. The van der Waals surface area contributed by atoms with Crippen LogP contribution in [0.1, 0.15) is 21.5 Å². The van der Waals surface area contributed by atoms with Gasteiger partial charge in [0, 0.05) is 16.9 Å². The van der Waals surface area contributed by atoms with Crippen LogP contribution >= 0.6 is 15.9 Å². The molecule has 0 fully saturated rings. The van der Waals surface area contributed by atoms with E-state index in [1.54, 1.807) is 6.07 Å². The Kier molecular flexibility index (Phi) is 4.09. The zero-order valence-corrected chi connectivity index (χ0v) is 12.7. The van der Waals surface area contributed by atoms with E-state index >= 15 is 0 Å². The van der Waals surface area contributed by atoms with Crippen molar-refractivity contribution in [3.8, 4) is 0 Å². The molecule has 0 aliphatic rings. The maximum Gasteiger partial charge on any atom is 0.256 e. The Morgan fingerprint density at radius 2 is 1.90 bits per heavy atom. The third kappa shape index (κ3) is 2.99. The fourth-order valence-corrected chi connectivity index (χ4v) is 2.26. The fourth-order valence-electron chi connectivity index (χ4n) is 1.89. The zero-order valence-electron chi connectivity index (χ0n) is 11.1. The van der Waals surface area contributed by atoms with Gasteiger partial charge >= 0.3 is 0 Å². The lowest BCUT2D eigenvalue weighted by Crippen LogP contribution is -2.14. The van der Waals surface area contributed by atoms with Crippen molar-refractivity contribution in [2.75, 3.05) is 11.1 Å². The maximum atomic E-state index is 13.1. The molecule has 0 aliphatic heterocycles. The molecule has 0 aromatic heterocycles. The summed E-state index contributed by atoms with van der Waals surface area (Å²) < 4.78 is 13.4. The summed E-state index contributed by atoms with van der Waals surface area (Å²) in [5.74, 6) is -0.647. The van der Waals surface area contributed by atoms with Crippen LogP contribution < -0.4 is 11.1 Å². The number of aryl methyl sites for hydroxylation is 2. The van der Waals surface area contributed by atoms with Crippen molar-refractivity contribution >= 4 is 33.2 Å². The second-order valence-corrected chi connectivity index (χ2v) is 5.46. The molecule has 0 unspecified atom stereocenters. The largest absolute Gasteiger partial charge is 0.398 e. The van der Waals surface area contributed by atoms with Gasteiger partial charge in [0.2, 0.25) is 0 Å². The minimum atomic E-state index is -0.376. The molecule has 0 spiro atoms. The number of nitrogens with one attached hydrogen (secondary N) is 1. The molecule has 0 atom stereocenters. The van der Waals surface area contributed by atoms with Gasteiger partial charge < -0.3 is 11.1 Å². The smallest absolute Gasteiger partial charge is 0.256 e. The third-order valence-corrected chi connectivity index (χ3v) is 3.64. The summed E-state index contributed by atoms with van der Waals surface area (Å²) in [6.45, 7) is 3.74. The summed E-state index contributed by atoms with van der Waals surface area (Å²) in [7, 11) is 0.